The number of benzene rings is 2. The summed E-state index contributed by atoms with van der Waals surface area (Å²) in [4.78, 5) is 12.9. The lowest BCUT2D eigenvalue weighted by molar-refractivity contribution is 0.102. The molecule has 0 unspecified atom stereocenters. The van der Waals surface area contributed by atoms with Crippen LogP contribution in [0.2, 0.25) is 0 Å². The number of anilines is 1. The van der Waals surface area contributed by atoms with Crippen LogP contribution >= 0.6 is 12.6 Å². The van der Waals surface area contributed by atoms with Crippen LogP contribution in [0.1, 0.15) is 35.7 Å². The molecular formula is C16H17NOS. The summed E-state index contributed by atoms with van der Waals surface area (Å²) < 4.78 is 0. The van der Waals surface area contributed by atoms with E-state index in [0.717, 1.165) is 10.6 Å². The molecule has 0 fully saturated rings. The van der Waals surface area contributed by atoms with E-state index >= 15 is 0 Å². The largest absolute Gasteiger partial charge is 0.322 e. The first kappa shape index (κ1) is 13.7. The van der Waals surface area contributed by atoms with Crippen molar-refractivity contribution in [3.05, 3.63) is 59.7 Å². The van der Waals surface area contributed by atoms with Gasteiger partial charge in [-0.3, -0.25) is 4.79 Å². The van der Waals surface area contributed by atoms with E-state index < -0.39 is 0 Å². The molecule has 0 saturated carbocycles. The summed E-state index contributed by atoms with van der Waals surface area (Å²) >= 11 is 4.24. The Kier molecular flexibility index (Phi) is 4.27. The molecule has 2 rings (SSSR count). The molecule has 3 heteroatoms. The molecule has 0 spiro atoms. The topological polar surface area (TPSA) is 29.1 Å². The monoisotopic (exact) mass is 271 g/mol. The fourth-order valence-electron chi connectivity index (χ4n) is 1.83. The van der Waals surface area contributed by atoms with Gasteiger partial charge in [-0.25, -0.2) is 0 Å². The molecular weight excluding hydrogens is 254 g/mol. The van der Waals surface area contributed by atoms with Crippen molar-refractivity contribution < 1.29 is 4.79 Å². The lowest BCUT2D eigenvalue weighted by atomic mass is 10.0. The fraction of sp³-hybridized carbons (Fsp3) is 0.188. The van der Waals surface area contributed by atoms with Crippen molar-refractivity contribution in [1.29, 1.82) is 0 Å². The maximum absolute atomic E-state index is 12.1. The highest BCUT2D eigenvalue weighted by Gasteiger charge is 2.07. The molecule has 0 aliphatic rings. The third kappa shape index (κ3) is 3.61. The molecule has 2 aromatic rings. The second-order valence-corrected chi connectivity index (χ2v) is 5.30. The van der Waals surface area contributed by atoms with Gasteiger partial charge in [-0.15, -0.1) is 12.6 Å². The molecule has 1 amide bonds. The average molecular weight is 271 g/mol. The Morgan fingerprint density at radius 1 is 1.11 bits per heavy atom. The van der Waals surface area contributed by atoms with Crippen LogP contribution in [0.3, 0.4) is 0 Å². The molecule has 0 radical (unpaired) electrons. The number of hydrogen-bond donors (Lipinski definition) is 2. The third-order valence-corrected chi connectivity index (χ3v) is 3.20. The van der Waals surface area contributed by atoms with Crippen LogP contribution in [0.5, 0.6) is 0 Å². The Hall–Kier alpha value is -1.74. The molecule has 0 aliphatic heterocycles. The van der Waals surface area contributed by atoms with Gasteiger partial charge in [-0.05, 0) is 41.8 Å². The molecule has 1 N–H and O–H groups in total. The fourth-order valence-corrected chi connectivity index (χ4v) is 2.05. The Labute approximate surface area is 119 Å². The lowest BCUT2D eigenvalue weighted by Crippen LogP contribution is -2.12. The quantitative estimate of drug-likeness (QED) is 0.798. The summed E-state index contributed by atoms with van der Waals surface area (Å²) in [5.74, 6) is 0.328. The standard InChI is InChI=1S/C16H17NOS/c1-11(2)12-5-3-7-14(9-12)17-16(18)13-6-4-8-15(19)10-13/h3-11,19H,1-2H3,(H,17,18). The van der Waals surface area contributed by atoms with Crippen molar-refractivity contribution in [1.82, 2.24) is 0 Å². The van der Waals surface area contributed by atoms with E-state index in [4.69, 9.17) is 0 Å². The lowest BCUT2D eigenvalue weighted by Gasteiger charge is -2.09. The first-order valence-electron chi connectivity index (χ1n) is 6.26. The Morgan fingerprint density at radius 3 is 2.53 bits per heavy atom. The summed E-state index contributed by atoms with van der Waals surface area (Å²) in [5.41, 5.74) is 2.64. The Balaban J connectivity index is 2.17. The van der Waals surface area contributed by atoms with E-state index in [2.05, 4.69) is 37.9 Å². The molecule has 98 valence electrons. The van der Waals surface area contributed by atoms with E-state index in [1.165, 1.54) is 5.56 Å². The minimum absolute atomic E-state index is 0.114. The molecule has 0 saturated heterocycles. The smallest absolute Gasteiger partial charge is 0.255 e. The number of rotatable bonds is 3. The van der Waals surface area contributed by atoms with Gasteiger partial charge >= 0.3 is 0 Å². The molecule has 2 aromatic carbocycles. The number of thiol groups is 1. The maximum atomic E-state index is 12.1. The highest BCUT2D eigenvalue weighted by Crippen LogP contribution is 2.19. The van der Waals surface area contributed by atoms with E-state index in [1.807, 2.05) is 30.3 Å². The predicted molar refractivity (Wildman–Crippen MR) is 82.2 cm³/mol. The Bertz CT molecular complexity index is 593. The molecule has 0 aromatic heterocycles. The van der Waals surface area contributed by atoms with Crippen LogP contribution in [-0.2, 0) is 0 Å². The highest BCUT2D eigenvalue weighted by molar-refractivity contribution is 7.80. The SMILES string of the molecule is CC(C)c1cccc(NC(=O)c2cccc(S)c2)c1. The van der Waals surface area contributed by atoms with Crippen LogP contribution in [0.4, 0.5) is 5.69 Å². The van der Waals surface area contributed by atoms with Crippen LogP contribution in [0, 0.1) is 0 Å². The normalized spacial score (nSPS) is 10.5. The van der Waals surface area contributed by atoms with Crippen molar-refractivity contribution in [2.45, 2.75) is 24.7 Å². The van der Waals surface area contributed by atoms with Crippen LogP contribution in [-0.4, -0.2) is 5.91 Å². The molecule has 0 atom stereocenters. The number of amides is 1. The zero-order chi connectivity index (χ0) is 13.8. The van der Waals surface area contributed by atoms with Crippen LogP contribution in [0.15, 0.2) is 53.4 Å². The number of carbonyl (C=O) groups is 1. The van der Waals surface area contributed by atoms with Crippen LogP contribution in [0.25, 0.3) is 0 Å². The van der Waals surface area contributed by atoms with Crippen molar-refractivity contribution in [2.24, 2.45) is 0 Å². The number of carbonyl (C=O) groups excluding carboxylic acids is 1. The summed E-state index contributed by atoms with van der Waals surface area (Å²) in [6, 6.07) is 15.1. The van der Waals surface area contributed by atoms with Gasteiger partial charge in [0.1, 0.15) is 0 Å². The van der Waals surface area contributed by atoms with Crippen molar-refractivity contribution in [2.75, 3.05) is 5.32 Å². The van der Waals surface area contributed by atoms with Gasteiger partial charge in [0.2, 0.25) is 0 Å². The van der Waals surface area contributed by atoms with Gasteiger partial charge in [0, 0.05) is 16.1 Å². The van der Waals surface area contributed by atoms with Gasteiger partial charge in [-0.2, -0.15) is 0 Å². The van der Waals surface area contributed by atoms with E-state index in [1.54, 1.807) is 12.1 Å². The minimum Gasteiger partial charge on any atom is -0.322 e. The van der Waals surface area contributed by atoms with E-state index in [-0.39, 0.29) is 5.91 Å². The van der Waals surface area contributed by atoms with Gasteiger partial charge in [0.15, 0.2) is 0 Å². The van der Waals surface area contributed by atoms with Gasteiger partial charge in [0.25, 0.3) is 5.91 Å². The zero-order valence-corrected chi connectivity index (χ0v) is 11.9. The van der Waals surface area contributed by atoms with E-state index in [0.29, 0.717) is 11.5 Å². The first-order chi connectivity index (χ1) is 9.06. The predicted octanol–water partition coefficient (Wildman–Crippen LogP) is 4.35. The molecule has 0 heterocycles. The van der Waals surface area contributed by atoms with Gasteiger partial charge in [0.05, 0.1) is 0 Å². The number of nitrogens with one attached hydrogen (secondary N) is 1. The first-order valence-corrected chi connectivity index (χ1v) is 6.71. The van der Waals surface area contributed by atoms with Gasteiger partial charge in [-0.1, -0.05) is 32.0 Å². The molecule has 19 heavy (non-hydrogen) atoms. The molecule has 0 aliphatic carbocycles. The maximum Gasteiger partial charge on any atom is 0.255 e. The van der Waals surface area contributed by atoms with E-state index in [9.17, 15) is 4.79 Å². The van der Waals surface area contributed by atoms with Gasteiger partial charge < -0.3 is 5.32 Å². The summed E-state index contributed by atoms with van der Waals surface area (Å²) in [7, 11) is 0. The highest BCUT2D eigenvalue weighted by atomic mass is 32.1. The Morgan fingerprint density at radius 2 is 1.84 bits per heavy atom. The zero-order valence-electron chi connectivity index (χ0n) is 11.1. The molecule has 2 nitrogen and oxygen atoms in total. The minimum atomic E-state index is -0.114. The molecule has 0 bridgehead atoms. The van der Waals surface area contributed by atoms with Crippen molar-refractivity contribution in [3.8, 4) is 0 Å². The second kappa shape index (κ2) is 5.93. The van der Waals surface area contributed by atoms with Crippen molar-refractivity contribution >= 4 is 24.2 Å². The third-order valence-electron chi connectivity index (χ3n) is 2.92. The number of hydrogen-bond acceptors (Lipinski definition) is 2. The summed E-state index contributed by atoms with van der Waals surface area (Å²) in [6.45, 7) is 4.26. The average Bonchev–Trinajstić information content (AvgIpc) is 2.39. The second-order valence-electron chi connectivity index (χ2n) is 4.78. The summed E-state index contributed by atoms with van der Waals surface area (Å²) in [6.07, 6.45) is 0. The van der Waals surface area contributed by atoms with Crippen LogP contribution < -0.4 is 5.32 Å². The van der Waals surface area contributed by atoms with Crippen molar-refractivity contribution in [3.63, 3.8) is 0 Å². The summed E-state index contributed by atoms with van der Waals surface area (Å²) in [5, 5.41) is 2.91.